The lowest BCUT2D eigenvalue weighted by Gasteiger charge is -2.71. The van der Waals surface area contributed by atoms with E-state index in [1.165, 1.54) is 0 Å². The Labute approximate surface area is 194 Å². The summed E-state index contributed by atoms with van der Waals surface area (Å²) in [4.78, 5) is 13.7. The van der Waals surface area contributed by atoms with Crippen molar-refractivity contribution in [1.29, 1.82) is 0 Å². The van der Waals surface area contributed by atoms with E-state index in [0.717, 1.165) is 5.56 Å². The zero-order valence-corrected chi connectivity index (χ0v) is 19.9. The average Bonchev–Trinajstić information content (AvgIpc) is 3.34. The second-order valence-electron chi connectivity index (χ2n) is 12.5. The standard InChI is InChI=1S/C26H38O7/c1-23(2)17-8-19(31)25(4)21-15(28)7-14(13-5-6-33-11-13)24(21,3)10-16(29)22(25)26(17,12-27)20(32)9-18(23)30/h5-6,11,14,16-22,27,29-32H,7-10,12H2,1-4H3/t14-,16+,17-,18+,19+,20-,21+,22-,24-,25-,26+/m0/s1. The van der Waals surface area contributed by atoms with Crippen molar-refractivity contribution in [2.45, 2.75) is 83.7 Å². The molecule has 0 bridgehead atoms. The minimum Gasteiger partial charge on any atom is -0.472 e. The van der Waals surface area contributed by atoms with E-state index < -0.39 is 63.8 Å². The monoisotopic (exact) mass is 462 g/mol. The second-order valence-corrected chi connectivity index (χ2v) is 12.5. The maximum Gasteiger partial charge on any atom is 0.137 e. The topological polar surface area (TPSA) is 131 Å². The van der Waals surface area contributed by atoms with Gasteiger partial charge in [-0.25, -0.2) is 0 Å². The first-order chi connectivity index (χ1) is 15.4. The van der Waals surface area contributed by atoms with Gasteiger partial charge in [-0.05, 0) is 41.2 Å². The van der Waals surface area contributed by atoms with Gasteiger partial charge in [0, 0.05) is 41.4 Å². The highest BCUT2D eigenvalue weighted by atomic mass is 16.3. The summed E-state index contributed by atoms with van der Waals surface area (Å²) in [6, 6.07) is 1.86. The Hall–Kier alpha value is -1.25. The van der Waals surface area contributed by atoms with Crippen LogP contribution < -0.4 is 0 Å². The van der Waals surface area contributed by atoms with E-state index in [1.807, 2.05) is 33.8 Å². The van der Waals surface area contributed by atoms with Crippen molar-refractivity contribution in [3.63, 3.8) is 0 Å². The lowest BCUT2D eigenvalue weighted by atomic mass is 9.34. The Morgan fingerprint density at radius 2 is 1.73 bits per heavy atom. The molecule has 7 nitrogen and oxygen atoms in total. The summed E-state index contributed by atoms with van der Waals surface area (Å²) >= 11 is 0. The Morgan fingerprint density at radius 3 is 2.33 bits per heavy atom. The van der Waals surface area contributed by atoms with Gasteiger partial charge in [0.05, 0.1) is 43.5 Å². The maximum absolute atomic E-state index is 13.7. The summed E-state index contributed by atoms with van der Waals surface area (Å²) in [6.07, 6.45) is 0.533. The Kier molecular flexibility index (Phi) is 5.08. The van der Waals surface area contributed by atoms with Crippen LogP contribution in [0.15, 0.2) is 23.0 Å². The molecule has 1 aromatic heterocycles. The van der Waals surface area contributed by atoms with Crippen LogP contribution in [0.1, 0.15) is 64.9 Å². The lowest BCUT2D eigenvalue weighted by Crippen LogP contribution is -2.75. The van der Waals surface area contributed by atoms with Crippen LogP contribution in [0, 0.1) is 39.4 Å². The van der Waals surface area contributed by atoms with Gasteiger partial charge in [0.15, 0.2) is 0 Å². The lowest BCUT2D eigenvalue weighted by molar-refractivity contribution is -0.310. The molecule has 0 radical (unpaired) electrons. The Bertz CT molecular complexity index is 927. The number of hydrogen-bond donors (Lipinski definition) is 5. The quantitative estimate of drug-likeness (QED) is 0.453. The third-order valence-electron chi connectivity index (χ3n) is 11.0. The summed E-state index contributed by atoms with van der Waals surface area (Å²) in [7, 11) is 0. The number of carbonyl (C=O) groups excluding carboxylic acids is 1. The highest BCUT2D eigenvalue weighted by molar-refractivity contribution is 5.87. The second kappa shape index (κ2) is 7.14. The molecular weight excluding hydrogens is 424 g/mol. The molecule has 7 heteroatoms. The molecule has 0 spiro atoms. The number of hydrogen-bond acceptors (Lipinski definition) is 7. The molecule has 5 N–H and O–H groups in total. The molecular formula is C26H38O7. The van der Waals surface area contributed by atoms with Gasteiger partial charge in [-0.1, -0.05) is 27.7 Å². The molecule has 0 saturated heterocycles. The van der Waals surface area contributed by atoms with Crippen molar-refractivity contribution in [2.75, 3.05) is 6.61 Å². The molecule has 1 aromatic rings. The van der Waals surface area contributed by atoms with E-state index in [0.29, 0.717) is 12.8 Å². The fourth-order valence-electron chi connectivity index (χ4n) is 9.54. The van der Waals surface area contributed by atoms with Gasteiger partial charge in [0.2, 0.25) is 0 Å². The van der Waals surface area contributed by atoms with Crippen LogP contribution in [0.4, 0.5) is 0 Å². The van der Waals surface area contributed by atoms with Crippen LogP contribution in [0.25, 0.3) is 0 Å². The molecule has 33 heavy (non-hydrogen) atoms. The maximum atomic E-state index is 13.7. The van der Waals surface area contributed by atoms with Crippen LogP contribution in [0.2, 0.25) is 0 Å². The van der Waals surface area contributed by atoms with E-state index in [-0.39, 0.29) is 31.1 Å². The van der Waals surface area contributed by atoms with Crippen molar-refractivity contribution < 1.29 is 34.7 Å². The van der Waals surface area contributed by atoms with Gasteiger partial charge < -0.3 is 29.9 Å². The molecule has 4 aliphatic carbocycles. The van der Waals surface area contributed by atoms with Gasteiger partial charge in [-0.2, -0.15) is 0 Å². The van der Waals surface area contributed by atoms with E-state index in [4.69, 9.17) is 4.42 Å². The van der Waals surface area contributed by atoms with Crippen LogP contribution >= 0.6 is 0 Å². The first-order valence-electron chi connectivity index (χ1n) is 12.2. The van der Waals surface area contributed by atoms with Crippen molar-refractivity contribution in [3.8, 4) is 0 Å². The summed E-state index contributed by atoms with van der Waals surface area (Å²) in [6.45, 7) is 7.34. The Morgan fingerprint density at radius 1 is 1.03 bits per heavy atom. The highest BCUT2D eigenvalue weighted by Gasteiger charge is 2.76. The normalized spacial score (nSPS) is 53.3. The molecule has 0 aromatic carbocycles. The van der Waals surface area contributed by atoms with Crippen LogP contribution in [0.3, 0.4) is 0 Å². The van der Waals surface area contributed by atoms with E-state index >= 15 is 0 Å². The van der Waals surface area contributed by atoms with Crippen molar-refractivity contribution in [3.05, 3.63) is 24.2 Å². The smallest absolute Gasteiger partial charge is 0.137 e. The predicted molar refractivity (Wildman–Crippen MR) is 119 cm³/mol. The number of aliphatic hydroxyl groups is 5. The Balaban J connectivity index is 1.68. The molecule has 11 atom stereocenters. The van der Waals surface area contributed by atoms with Crippen LogP contribution in [0.5, 0.6) is 0 Å². The van der Waals surface area contributed by atoms with Gasteiger partial charge in [-0.15, -0.1) is 0 Å². The van der Waals surface area contributed by atoms with E-state index in [1.54, 1.807) is 12.5 Å². The average molecular weight is 463 g/mol. The van der Waals surface area contributed by atoms with Crippen molar-refractivity contribution in [2.24, 2.45) is 39.4 Å². The van der Waals surface area contributed by atoms with Gasteiger partial charge >= 0.3 is 0 Å². The predicted octanol–water partition coefficient (Wildman–Crippen LogP) is 1.86. The zero-order valence-electron chi connectivity index (χ0n) is 19.9. The van der Waals surface area contributed by atoms with Gasteiger partial charge in [0.1, 0.15) is 5.78 Å². The summed E-state index contributed by atoms with van der Waals surface area (Å²) in [5, 5.41) is 56.5. The van der Waals surface area contributed by atoms with E-state index in [2.05, 4.69) is 0 Å². The third kappa shape index (κ3) is 2.66. The first kappa shape index (κ1) is 23.5. The largest absolute Gasteiger partial charge is 0.472 e. The molecule has 5 rings (SSSR count). The SMILES string of the molecule is CC1(C)[C@H](O)C[C@H](O)[C@@]2(CO)[C@H]1C[C@@H](O)[C@@]1(C)[C@@H]3C(=O)C[C@@H](c4ccoc4)[C@]3(C)C[C@@H](O)[C@@H]12. The highest BCUT2D eigenvalue weighted by Crippen LogP contribution is 2.74. The van der Waals surface area contributed by atoms with Crippen molar-refractivity contribution >= 4 is 5.78 Å². The summed E-state index contributed by atoms with van der Waals surface area (Å²) in [5.41, 5.74) is -2.50. The van der Waals surface area contributed by atoms with Crippen LogP contribution in [-0.2, 0) is 4.79 Å². The van der Waals surface area contributed by atoms with Gasteiger partial charge in [-0.3, -0.25) is 4.79 Å². The fourth-order valence-corrected chi connectivity index (χ4v) is 9.54. The molecule has 4 fully saturated rings. The fraction of sp³-hybridized carbons (Fsp3) is 0.808. The minimum atomic E-state index is -1.12. The summed E-state index contributed by atoms with van der Waals surface area (Å²) in [5.74, 6) is -1.71. The molecule has 0 amide bonds. The molecule has 0 unspecified atom stereocenters. The summed E-state index contributed by atoms with van der Waals surface area (Å²) < 4.78 is 5.30. The van der Waals surface area contributed by atoms with Gasteiger partial charge in [0.25, 0.3) is 0 Å². The zero-order chi connectivity index (χ0) is 24.1. The van der Waals surface area contributed by atoms with E-state index in [9.17, 15) is 30.3 Å². The molecule has 4 aliphatic rings. The molecule has 1 heterocycles. The van der Waals surface area contributed by atoms with Crippen molar-refractivity contribution in [1.82, 2.24) is 0 Å². The first-order valence-corrected chi connectivity index (χ1v) is 12.2. The molecule has 0 aliphatic heterocycles. The molecule has 4 saturated carbocycles. The number of fused-ring (bicyclic) bond motifs is 5. The number of rotatable bonds is 2. The third-order valence-corrected chi connectivity index (χ3v) is 11.0. The number of ketones is 1. The number of carbonyl (C=O) groups is 1. The number of Topliss-reactive ketones (excluding diaryl/α,β-unsaturated/α-hetero) is 1. The number of aliphatic hydroxyl groups excluding tert-OH is 5. The number of furan rings is 1. The van der Waals surface area contributed by atoms with Crippen LogP contribution in [-0.4, -0.2) is 62.3 Å². The minimum absolute atomic E-state index is 0.0540. The molecule has 184 valence electrons.